The number of allylic oxidation sites excluding steroid dienone is 5. The first kappa shape index (κ1) is 13.2. The third kappa shape index (κ3) is 7.85. The van der Waals surface area contributed by atoms with E-state index in [9.17, 15) is 0 Å². The van der Waals surface area contributed by atoms with E-state index in [1.54, 1.807) is 0 Å². The average Bonchev–Trinajstić information content (AvgIpc) is 2.13. The highest BCUT2D eigenvalue weighted by Crippen LogP contribution is 2.14. The van der Waals surface area contributed by atoms with Crippen LogP contribution in [0.15, 0.2) is 36.0 Å². The van der Waals surface area contributed by atoms with Gasteiger partial charge in [0.25, 0.3) is 0 Å². The van der Waals surface area contributed by atoms with E-state index in [4.69, 9.17) is 0 Å². The quantitative estimate of drug-likeness (QED) is 0.525. The molecule has 80 valence electrons. The van der Waals surface area contributed by atoms with Gasteiger partial charge in [0.05, 0.1) is 0 Å². The largest absolute Gasteiger partial charge is 0.0961 e. The van der Waals surface area contributed by atoms with Gasteiger partial charge in [0.1, 0.15) is 0 Å². The Labute approximate surface area is 89.4 Å². The zero-order valence-electron chi connectivity index (χ0n) is 10.1. The molecule has 0 aliphatic heterocycles. The second-order valence-corrected chi connectivity index (χ2v) is 4.27. The Balaban J connectivity index is 3.83. The van der Waals surface area contributed by atoms with Gasteiger partial charge >= 0.3 is 0 Å². The second kappa shape index (κ2) is 7.61. The highest BCUT2D eigenvalue weighted by molar-refractivity contribution is 5.19. The zero-order chi connectivity index (χ0) is 11.0. The van der Waals surface area contributed by atoms with Gasteiger partial charge in [0.15, 0.2) is 0 Å². The summed E-state index contributed by atoms with van der Waals surface area (Å²) in [5.74, 6) is 0.850. The number of hydrogen-bond donors (Lipinski definition) is 0. The summed E-state index contributed by atoms with van der Waals surface area (Å²) in [7, 11) is 0. The van der Waals surface area contributed by atoms with E-state index in [-0.39, 0.29) is 0 Å². The second-order valence-electron chi connectivity index (χ2n) is 4.27. The lowest BCUT2D eigenvalue weighted by Gasteiger charge is -2.07. The molecule has 0 aliphatic carbocycles. The van der Waals surface area contributed by atoms with Gasteiger partial charge in [0, 0.05) is 0 Å². The molecular formula is C14H24. The molecule has 14 heavy (non-hydrogen) atoms. The molecule has 0 heteroatoms. The Bertz CT molecular complexity index is 218. The first-order valence-corrected chi connectivity index (χ1v) is 5.55. The average molecular weight is 192 g/mol. The molecule has 1 unspecified atom stereocenters. The van der Waals surface area contributed by atoms with Crippen LogP contribution in [0, 0.1) is 5.92 Å². The minimum Gasteiger partial charge on any atom is -0.0961 e. The van der Waals surface area contributed by atoms with Crippen molar-refractivity contribution in [3.63, 3.8) is 0 Å². The normalized spacial score (nSPS) is 14.7. The first-order valence-electron chi connectivity index (χ1n) is 5.55. The van der Waals surface area contributed by atoms with Crippen molar-refractivity contribution in [2.24, 2.45) is 5.92 Å². The van der Waals surface area contributed by atoms with Crippen LogP contribution in [0.3, 0.4) is 0 Å². The fourth-order valence-corrected chi connectivity index (χ4v) is 1.14. The van der Waals surface area contributed by atoms with E-state index in [2.05, 4.69) is 39.5 Å². The molecule has 0 aromatic carbocycles. The summed E-state index contributed by atoms with van der Waals surface area (Å²) < 4.78 is 0. The van der Waals surface area contributed by atoms with Gasteiger partial charge in [-0.3, -0.25) is 0 Å². The lowest BCUT2D eigenvalue weighted by molar-refractivity contribution is 0.515. The Morgan fingerprint density at radius 2 is 2.00 bits per heavy atom. The van der Waals surface area contributed by atoms with Crippen LogP contribution >= 0.6 is 0 Å². The summed E-state index contributed by atoms with van der Waals surface area (Å²) in [6.07, 6.45) is 10.1. The molecule has 0 bridgehead atoms. The molecule has 0 aliphatic rings. The zero-order valence-corrected chi connectivity index (χ0v) is 10.1. The molecule has 0 aromatic rings. The maximum atomic E-state index is 3.82. The first-order chi connectivity index (χ1) is 6.56. The fourth-order valence-electron chi connectivity index (χ4n) is 1.14. The van der Waals surface area contributed by atoms with Crippen molar-refractivity contribution in [2.75, 3.05) is 0 Å². The van der Waals surface area contributed by atoms with Crippen LogP contribution in [0.4, 0.5) is 0 Å². The van der Waals surface area contributed by atoms with E-state index in [1.165, 1.54) is 24.8 Å². The van der Waals surface area contributed by atoms with Crippen molar-refractivity contribution in [2.45, 2.75) is 47.0 Å². The molecule has 0 heterocycles. The standard InChI is InChI=1S/C14H24/c1-6-13(4)10-11-14(5)9-7-8-12(2)3/h7-9,13H,2,6,10-11H2,1,3-5H3/b8-7-,14-9+. The van der Waals surface area contributed by atoms with Crippen molar-refractivity contribution < 1.29 is 0 Å². The van der Waals surface area contributed by atoms with Gasteiger partial charge in [-0.15, -0.1) is 0 Å². The van der Waals surface area contributed by atoms with Gasteiger partial charge in [-0.1, -0.05) is 56.2 Å². The van der Waals surface area contributed by atoms with Crippen LogP contribution < -0.4 is 0 Å². The van der Waals surface area contributed by atoms with Gasteiger partial charge in [-0.25, -0.2) is 0 Å². The topological polar surface area (TPSA) is 0 Å². The Kier molecular flexibility index (Phi) is 7.18. The Morgan fingerprint density at radius 3 is 2.50 bits per heavy atom. The van der Waals surface area contributed by atoms with E-state index in [0.717, 1.165) is 11.5 Å². The van der Waals surface area contributed by atoms with E-state index >= 15 is 0 Å². The minimum atomic E-state index is 0.850. The van der Waals surface area contributed by atoms with Gasteiger partial charge in [-0.2, -0.15) is 0 Å². The fraction of sp³-hybridized carbons (Fsp3) is 0.571. The SMILES string of the molecule is C=C(C)/C=C\C=C(/C)CCC(C)CC. The molecule has 0 nitrogen and oxygen atoms in total. The molecule has 0 fully saturated rings. The molecule has 0 aromatic heterocycles. The van der Waals surface area contributed by atoms with Crippen molar-refractivity contribution in [3.8, 4) is 0 Å². The molecule has 0 saturated heterocycles. The molecule has 0 radical (unpaired) electrons. The van der Waals surface area contributed by atoms with Gasteiger partial charge in [0.2, 0.25) is 0 Å². The maximum Gasteiger partial charge on any atom is -0.0317 e. The number of hydrogen-bond acceptors (Lipinski definition) is 0. The highest BCUT2D eigenvalue weighted by atomic mass is 14.0. The molecule has 0 rings (SSSR count). The molecule has 0 saturated carbocycles. The smallest absolute Gasteiger partial charge is 0.0317 e. The molecule has 0 amide bonds. The molecular weight excluding hydrogens is 168 g/mol. The van der Waals surface area contributed by atoms with Crippen molar-refractivity contribution in [1.82, 2.24) is 0 Å². The molecule has 0 spiro atoms. The Hall–Kier alpha value is -0.780. The third-order valence-corrected chi connectivity index (χ3v) is 2.49. The predicted octanol–water partition coefficient (Wildman–Crippen LogP) is 4.89. The van der Waals surface area contributed by atoms with Crippen LogP contribution in [0.1, 0.15) is 47.0 Å². The van der Waals surface area contributed by atoms with Gasteiger partial charge in [-0.05, 0) is 32.6 Å². The van der Waals surface area contributed by atoms with E-state index < -0.39 is 0 Å². The summed E-state index contributed by atoms with van der Waals surface area (Å²) in [6, 6.07) is 0. The van der Waals surface area contributed by atoms with Crippen LogP contribution in [0.5, 0.6) is 0 Å². The van der Waals surface area contributed by atoms with Crippen LogP contribution in [0.2, 0.25) is 0 Å². The highest BCUT2D eigenvalue weighted by Gasteiger charge is 1.97. The van der Waals surface area contributed by atoms with Crippen LogP contribution in [0.25, 0.3) is 0 Å². The maximum absolute atomic E-state index is 3.82. The van der Waals surface area contributed by atoms with Gasteiger partial charge < -0.3 is 0 Å². The van der Waals surface area contributed by atoms with E-state index in [0.29, 0.717) is 0 Å². The monoisotopic (exact) mass is 192 g/mol. The third-order valence-electron chi connectivity index (χ3n) is 2.49. The number of rotatable bonds is 6. The summed E-state index contributed by atoms with van der Waals surface area (Å²) in [5.41, 5.74) is 2.57. The lowest BCUT2D eigenvalue weighted by atomic mass is 9.99. The molecule has 0 N–H and O–H groups in total. The van der Waals surface area contributed by atoms with Crippen molar-refractivity contribution in [1.29, 1.82) is 0 Å². The van der Waals surface area contributed by atoms with Crippen molar-refractivity contribution in [3.05, 3.63) is 36.0 Å². The van der Waals surface area contributed by atoms with Crippen molar-refractivity contribution >= 4 is 0 Å². The van der Waals surface area contributed by atoms with E-state index in [1.807, 2.05) is 13.0 Å². The lowest BCUT2D eigenvalue weighted by Crippen LogP contribution is -1.91. The summed E-state index contributed by atoms with van der Waals surface area (Å²) in [6.45, 7) is 12.6. The summed E-state index contributed by atoms with van der Waals surface area (Å²) >= 11 is 0. The molecule has 1 atom stereocenters. The van der Waals surface area contributed by atoms with Crippen LogP contribution in [-0.4, -0.2) is 0 Å². The van der Waals surface area contributed by atoms with Crippen LogP contribution in [-0.2, 0) is 0 Å². The summed E-state index contributed by atoms with van der Waals surface area (Å²) in [5, 5.41) is 0. The Morgan fingerprint density at radius 1 is 1.36 bits per heavy atom. The summed E-state index contributed by atoms with van der Waals surface area (Å²) in [4.78, 5) is 0. The minimum absolute atomic E-state index is 0.850. The predicted molar refractivity (Wildman–Crippen MR) is 66.4 cm³/mol.